The second kappa shape index (κ2) is 9.34. The Morgan fingerprint density at radius 1 is 1.06 bits per heavy atom. The van der Waals surface area contributed by atoms with Crippen molar-refractivity contribution >= 4 is 17.9 Å². The van der Waals surface area contributed by atoms with Gasteiger partial charge in [0.2, 0.25) is 0 Å². The Kier molecular flexibility index (Phi) is 8.31. The van der Waals surface area contributed by atoms with Crippen LogP contribution < -0.4 is 0 Å². The van der Waals surface area contributed by atoms with Gasteiger partial charge in [0.15, 0.2) is 0 Å². The lowest BCUT2D eigenvalue weighted by Gasteiger charge is -2.05. The fraction of sp³-hybridized carbons (Fsp3) is 0.500. The van der Waals surface area contributed by atoms with Gasteiger partial charge >= 0.3 is 17.9 Å². The molecule has 7 heteroatoms. The average molecular weight is 246 g/mol. The molecule has 0 N–H and O–H groups in total. The smallest absolute Gasteiger partial charge is 0.332 e. The SMILES string of the molecule is C=CC(=O)OCCOC(=O)COCC(=O)OC. The van der Waals surface area contributed by atoms with Crippen molar-refractivity contribution in [2.75, 3.05) is 33.5 Å². The number of hydrogen-bond acceptors (Lipinski definition) is 7. The normalized spacial score (nSPS) is 9.24. The lowest BCUT2D eigenvalue weighted by molar-refractivity contribution is -0.157. The van der Waals surface area contributed by atoms with Crippen molar-refractivity contribution in [1.82, 2.24) is 0 Å². The molecule has 0 saturated carbocycles. The summed E-state index contributed by atoms with van der Waals surface area (Å²) in [6.45, 7) is 2.36. The predicted molar refractivity (Wildman–Crippen MR) is 55.0 cm³/mol. The largest absolute Gasteiger partial charge is 0.467 e. The van der Waals surface area contributed by atoms with E-state index in [9.17, 15) is 14.4 Å². The number of methoxy groups -OCH3 is 1. The first-order valence-corrected chi connectivity index (χ1v) is 4.69. The molecule has 0 rings (SSSR count). The molecule has 0 radical (unpaired) electrons. The molecule has 17 heavy (non-hydrogen) atoms. The number of rotatable bonds is 8. The summed E-state index contributed by atoms with van der Waals surface area (Å²) in [5.74, 6) is -1.84. The van der Waals surface area contributed by atoms with E-state index in [4.69, 9.17) is 0 Å². The first kappa shape index (κ1) is 15.1. The highest BCUT2D eigenvalue weighted by Gasteiger charge is 2.06. The Bertz CT molecular complexity index is 284. The standard InChI is InChI=1S/C10H14O7/c1-3-8(11)16-4-5-17-10(13)7-15-6-9(12)14-2/h3H,1,4-7H2,2H3. The minimum atomic E-state index is -0.663. The lowest BCUT2D eigenvalue weighted by atomic mass is 10.6. The first-order valence-electron chi connectivity index (χ1n) is 4.69. The number of carbonyl (C=O) groups is 3. The van der Waals surface area contributed by atoms with E-state index in [1.807, 2.05) is 0 Å². The molecule has 0 saturated heterocycles. The molecule has 0 spiro atoms. The van der Waals surface area contributed by atoms with Gasteiger partial charge in [-0.05, 0) is 0 Å². The maximum Gasteiger partial charge on any atom is 0.332 e. The number of esters is 3. The van der Waals surface area contributed by atoms with Crippen molar-refractivity contribution < 1.29 is 33.3 Å². The highest BCUT2D eigenvalue weighted by Crippen LogP contribution is 1.85. The molecule has 0 aliphatic heterocycles. The third kappa shape index (κ3) is 9.06. The second-order valence-corrected chi connectivity index (χ2v) is 2.66. The van der Waals surface area contributed by atoms with Crippen LogP contribution in [0.2, 0.25) is 0 Å². The van der Waals surface area contributed by atoms with Crippen LogP contribution in [0.15, 0.2) is 12.7 Å². The molecule has 0 atom stereocenters. The van der Waals surface area contributed by atoms with E-state index in [0.29, 0.717) is 0 Å². The Labute approximate surface area is 98.3 Å². The minimum absolute atomic E-state index is 0.0619. The summed E-state index contributed by atoms with van der Waals surface area (Å²) >= 11 is 0. The van der Waals surface area contributed by atoms with Gasteiger partial charge in [0.1, 0.15) is 26.4 Å². The average Bonchev–Trinajstić information content (AvgIpc) is 2.33. The van der Waals surface area contributed by atoms with Crippen molar-refractivity contribution in [2.24, 2.45) is 0 Å². The molecule has 0 fully saturated rings. The molecular formula is C10H14O7. The van der Waals surface area contributed by atoms with Gasteiger partial charge in [0.05, 0.1) is 7.11 Å². The highest BCUT2D eigenvalue weighted by atomic mass is 16.6. The minimum Gasteiger partial charge on any atom is -0.467 e. The van der Waals surface area contributed by atoms with Crippen LogP contribution in [0.3, 0.4) is 0 Å². The van der Waals surface area contributed by atoms with E-state index in [1.165, 1.54) is 7.11 Å². The number of ether oxygens (including phenoxy) is 4. The van der Waals surface area contributed by atoms with Gasteiger partial charge in [-0.2, -0.15) is 0 Å². The molecule has 0 unspecified atom stereocenters. The third-order valence-electron chi connectivity index (χ3n) is 1.42. The summed E-state index contributed by atoms with van der Waals surface area (Å²) in [6, 6.07) is 0. The zero-order valence-corrected chi connectivity index (χ0v) is 9.47. The predicted octanol–water partition coefficient (Wildman–Crippen LogP) is -0.552. The van der Waals surface area contributed by atoms with Gasteiger partial charge in [-0.25, -0.2) is 14.4 Å². The van der Waals surface area contributed by atoms with Gasteiger partial charge in [0, 0.05) is 6.08 Å². The van der Waals surface area contributed by atoms with Crippen molar-refractivity contribution in [3.05, 3.63) is 12.7 Å². The summed E-state index contributed by atoms with van der Waals surface area (Å²) in [5, 5.41) is 0. The van der Waals surface area contributed by atoms with Gasteiger partial charge in [0.25, 0.3) is 0 Å². The van der Waals surface area contributed by atoms with Crippen molar-refractivity contribution in [1.29, 1.82) is 0 Å². The van der Waals surface area contributed by atoms with E-state index in [0.717, 1.165) is 6.08 Å². The summed E-state index contributed by atoms with van der Waals surface area (Å²) in [4.78, 5) is 32.1. The molecule has 0 aliphatic rings. The van der Waals surface area contributed by atoms with E-state index >= 15 is 0 Å². The van der Waals surface area contributed by atoms with E-state index in [-0.39, 0.29) is 26.4 Å². The summed E-state index contributed by atoms with van der Waals surface area (Å²) in [7, 11) is 1.21. The molecule has 0 amide bonds. The maximum absolute atomic E-state index is 11.0. The second-order valence-electron chi connectivity index (χ2n) is 2.66. The van der Waals surface area contributed by atoms with Gasteiger partial charge in [-0.1, -0.05) is 6.58 Å². The number of hydrogen-bond donors (Lipinski definition) is 0. The van der Waals surface area contributed by atoms with Crippen LogP contribution in [0.4, 0.5) is 0 Å². The highest BCUT2D eigenvalue weighted by molar-refractivity contribution is 5.81. The van der Waals surface area contributed by atoms with Crippen LogP contribution in [0.5, 0.6) is 0 Å². The Morgan fingerprint density at radius 3 is 2.24 bits per heavy atom. The molecule has 0 aliphatic carbocycles. The summed E-state index contributed by atoms with van der Waals surface area (Å²) in [6.07, 6.45) is 1.00. The molecule has 0 bridgehead atoms. The topological polar surface area (TPSA) is 88.1 Å². The maximum atomic E-state index is 11.0. The lowest BCUT2D eigenvalue weighted by Crippen LogP contribution is -2.19. The molecule has 7 nitrogen and oxygen atoms in total. The Balaban J connectivity index is 3.44. The monoisotopic (exact) mass is 246 g/mol. The summed E-state index contributed by atoms with van der Waals surface area (Å²) < 4.78 is 18.1. The zero-order chi connectivity index (χ0) is 13.1. The molecule has 0 aromatic rings. The van der Waals surface area contributed by atoms with Gasteiger partial charge in [-0.3, -0.25) is 0 Å². The quantitative estimate of drug-likeness (QED) is 0.246. The Hall–Kier alpha value is -1.89. The van der Waals surface area contributed by atoms with Crippen LogP contribution in [0.1, 0.15) is 0 Å². The van der Waals surface area contributed by atoms with E-state index in [2.05, 4.69) is 25.5 Å². The van der Waals surface area contributed by atoms with Crippen molar-refractivity contribution in [2.45, 2.75) is 0 Å². The van der Waals surface area contributed by atoms with Crippen LogP contribution in [0, 0.1) is 0 Å². The van der Waals surface area contributed by atoms with Crippen LogP contribution in [-0.2, 0) is 33.3 Å². The van der Waals surface area contributed by atoms with Crippen LogP contribution in [-0.4, -0.2) is 51.4 Å². The molecular weight excluding hydrogens is 232 g/mol. The fourth-order valence-electron chi connectivity index (χ4n) is 0.675. The zero-order valence-electron chi connectivity index (χ0n) is 9.47. The van der Waals surface area contributed by atoms with Gasteiger partial charge in [-0.15, -0.1) is 0 Å². The van der Waals surface area contributed by atoms with E-state index < -0.39 is 17.9 Å². The number of carbonyl (C=O) groups excluding carboxylic acids is 3. The molecule has 96 valence electrons. The first-order chi connectivity index (χ1) is 8.10. The Morgan fingerprint density at radius 2 is 1.65 bits per heavy atom. The third-order valence-corrected chi connectivity index (χ3v) is 1.42. The molecule has 0 aromatic heterocycles. The van der Waals surface area contributed by atoms with Gasteiger partial charge < -0.3 is 18.9 Å². The van der Waals surface area contributed by atoms with E-state index in [1.54, 1.807) is 0 Å². The molecule has 0 aromatic carbocycles. The van der Waals surface area contributed by atoms with Crippen LogP contribution >= 0.6 is 0 Å². The van der Waals surface area contributed by atoms with Crippen molar-refractivity contribution in [3.8, 4) is 0 Å². The van der Waals surface area contributed by atoms with Crippen molar-refractivity contribution in [3.63, 3.8) is 0 Å². The molecule has 0 heterocycles. The summed E-state index contributed by atoms with van der Waals surface area (Å²) in [5.41, 5.74) is 0. The fourth-order valence-corrected chi connectivity index (χ4v) is 0.675. The van der Waals surface area contributed by atoms with Crippen LogP contribution in [0.25, 0.3) is 0 Å².